The van der Waals surface area contributed by atoms with Crippen LogP contribution in [0.2, 0.25) is 5.02 Å². The molecule has 5 aromatic rings. The smallest absolute Gasteiger partial charge is 0.336 e. The van der Waals surface area contributed by atoms with Crippen LogP contribution in [0.25, 0.3) is 33.2 Å². The second-order valence-electron chi connectivity index (χ2n) is 6.42. The van der Waals surface area contributed by atoms with E-state index in [0.29, 0.717) is 27.5 Å². The van der Waals surface area contributed by atoms with E-state index in [0.717, 1.165) is 27.3 Å². The Hall–Kier alpha value is -3.09. The standard InChI is InChI=1S/C22H13ClN2O3S/c23-16-8-5-14(6-9-16)21-24-25-22(28-21)29-12-15-11-19(26)27-18-10-7-13-3-1-2-4-17(13)20(15)18/h1-11H,12H2. The fourth-order valence-electron chi connectivity index (χ4n) is 3.25. The summed E-state index contributed by atoms with van der Waals surface area (Å²) in [5.74, 6) is 0.922. The largest absolute Gasteiger partial charge is 0.423 e. The summed E-state index contributed by atoms with van der Waals surface area (Å²) in [6.45, 7) is 0. The topological polar surface area (TPSA) is 69.1 Å². The van der Waals surface area contributed by atoms with Gasteiger partial charge in [-0.15, -0.1) is 10.2 Å². The van der Waals surface area contributed by atoms with Gasteiger partial charge in [-0.3, -0.25) is 0 Å². The van der Waals surface area contributed by atoms with E-state index in [4.69, 9.17) is 20.4 Å². The third-order valence-corrected chi connectivity index (χ3v) is 5.68. The van der Waals surface area contributed by atoms with Gasteiger partial charge in [-0.25, -0.2) is 4.79 Å². The molecule has 5 rings (SSSR count). The first kappa shape index (κ1) is 18.0. The number of hydrogen-bond donors (Lipinski definition) is 0. The van der Waals surface area contributed by atoms with Gasteiger partial charge < -0.3 is 8.83 Å². The predicted molar refractivity (Wildman–Crippen MR) is 114 cm³/mol. The summed E-state index contributed by atoms with van der Waals surface area (Å²) in [4.78, 5) is 12.0. The highest BCUT2D eigenvalue weighted by Crippen LogP contribution is 2.32. The highest BCUT2D eigenvalue weighted by molar-refractivity contribution is 7.98. The highest BCUT2D eigenvalue weighted by atomic mass is 35.5. The molecular weight excluding hydrogens is 408 g/mol. The van der Waals surface area contributed by atoms with Gasteiger partial charge >= 0.3 is 5.63 Å². The van der Waals surface area contributed by atoms with Crippen molar-refractivity contribution in [2.24, 2.45) is 0 Å². The molecule has 0 radical (unpaired) electrons. The second-order valence-corrected chi connectivity index (χ2v) is 7.78. The molecule has 0 aliphatic carbocycles. The van der Waals surface area contributed by atoms with Crippen molar-refractivity contribution in [2.75, 3.05) is 0 Å². The molecule has 0 fully saturated rings. The fraction of sp³-hybridized carbons (Fsp3) is 0.0455. The van der Waals surface area contributed by atoms with Crippen molar-refractivity contribution >= 4 is 45.1 Å². The van der Waals surface area contributed by atoms with E-state index in [-0.39, 0.29) is 5.63 Å². The second kappa shape index (κ2) is 7.39. The van der Waals surface area contributed by atoms with E-state index in [1.165, 1.54) is 17.8 Å². The van der Waals surface area contributed by atoms with Gasteiger partial charge in [-0.1, -0.05) is 53.7 Å². The molecule has 2 aromatic heterocycles. The Morgan fingerprint density at radius 1 is 0.931 bits per heavy atom. The van der Waals surface area contributed by atoms with Crippen LogP contribution >= 0.6 is 23.4 Å². The third-order valence-electron chi connectivity index (χ3n) is 4.56. The number of rotatable bonds is 4. The van der Waals surface area contributed by atoms with Crippen molar-refractivity contribution in [3.8, 4) is 11.5 Å². The minimum absolute atomic E-state index is 0.379. The molecule has 7 heteroatoms. The summed E-state index contributed by atoms with van der Waals surface area (Å²) in [6, 6.07) is 20.5. The van der Waals surface area contributed by atoms with Gasteiger partial charge in [-0.2, -0.15) is 0 Å². The minimum Gasteiger partial charge on any atom is -0.423 e. The third kappa shape index (κ3) is 3.52. The molecule has 0 N–H and O–H groups in total. The summed E-state index contributed by atoms with van der Waals surface area (Å²) in [7, 11) is 0. The molecule has 5 nitrogen and oxygen atoms in total. The van der Waals surface area contributed by atoms with Crippen molar-refractivity contribution in [1.29, 1.82) is 0 Å². The molecule has 0 saturated heterocycles. The van der Waals surface area contributed by atoms with Crippen LogP contribution in [-0.2, 0) is 5.75 Å². The van der Waals surface area contributed by atoms with Crippen molar-refractivity contribution in [3.63, 3.8) is 0 Å². The molecule has 0 spiro atoms. The maximum absolute atomic E-state index is 12.0. The predicted octanol–water partition coefficient (Wildman–Crippen LogP) is 5.94. The number of thioether (sulfide) groups is 1. The van der Waals surface area contributed by atoms with E-state index in [1.807, 2.05) is 48.5 Å². The number of aromatic nitrogens is 2. The molecule has 3 aromatic carbocycles. The average Bonchev–Trinajstić information content (AvgIpc) is 3.21. The van der Waals surface area contributed by atoms with Crippen molar-refractivity contribution < 1.29 is 8.83 Å². The van der Waals surface area contributed by atoms with Gasteiger partial charge in [0.1, 0.15) is 5.58 Å². The number of benzene rings is 3. The quantitative estimate of drug-likeness (QED) is 0.203. The Morgan fingerprint density at radius 2 is 1.76 bits per heavy atom. The van der Waals surface area contributed by atoms with E-state index in [2.05, 4.69) is 10.2 Å². The lowest BCUT2D eigenvalue weighted by Gasteiger charge is -2.07. The normalized spacial score (nSPS) is 11.3. The number of nitrogens with zero attached hydrogens (tertiary/aromatic N) is 2. The zero-order valence-corrected chi connectivity index (χ0v) is 16.5. The molecule has 0 amide bonds. The number of hydrogen-bond acceptors (Lipinski definition) is 6. The highest BCUT2D eigenvalue weighted by Gasteiger charge is 2.13. The summed E-state index contributed by atoms with van der Waals surface area (Å²) in [5, 5.41) is 12.3. The van der Waals surface area contributed by atoms with Crippen LogP contribution in [0.15, 0.2) is 85.6 Å². The van der Waals surface area contributed by atoms with E-state index in [9.17, 15) is 4.79 Å². The Labute approximate surface area is 174 Å². The first-order valence-electron chi connectivity index (χ1n) is 8.84. The SMILES string of the molecule is O=c1cc(CSc2nnc(-c3ccc(Cl)cc3)o2)c2c(ccc3ccccc32)o1. The first-order chi connectivity index (χ1) is 14.2. The molecule has 0 atom stereocenters. The summed E-state index contributed by atoms with van der Waals surface area (Å²) in [5.41, 5.74) is 1.85. The van der Waals surface area contributed by atoms with Gasteiger partial charge in [0.15, 0.2) is 0 Å². The number of halogens is 1. The van der Waals surface area contributed by atoms with Crippen LogP contribution in [-0.4, -0.2) is 10.2 Å². The molecule has 142 valence electrons. The van der Waals surface area contributed by atoms with Gasteiger partial charge in [0.2, 0.25) is 5.89 Å². The molecule has 0 aliphatic rings. The van der Waals surface area contributed by atoms with Crippen LogP contribution in [0.1, 0.15) is 5.56 Å². The molecule has 0 aliphatic heterocycles. The van der Waals surface area contributed by atoms with E-state index in [1.54, 1.807) is 12.1 Å². The van der Waals surface area contributed by atoms with E-state index < -0.39 is 0 Å². The molecule has 0 saturated carbocycles. The lowest BCUT2D eigenvalue weighted by atomic mass is 10.0. The van der Waals surface area contributed by atoms with Gasteiger partial charge in [0.05, 0.1) is 0 Å². The van der Waals surface area contributed by atoms with Crippen molar-refractivity contribution in [3.05, 3.63) is 87.7 Å². The summed E-state index contributed by atoms with van der Waals surface area (Å²) in [6.07, 6.45) is 0. The Morgan fingerprint density at radius 3 is 2.62 bits per heavy atom. The van der Waals surface area contributed by atoms with Crippen LogP contribution in [0.4, 0.5) is 0 Å². The Balaban J connectivity index is 1.49. The maximum atomic E-state index is 12.0. The molecule has 29 heavy (non-hydrogen) atoms. The maximum Gasteiger partial charge on any atom is 0.336 e. The van der Waals surface area contributed by atoms with Gasteiger partial charge in [0.25, 0.3) is 5.22 Å². The summed E-state index contributed by atoms with van der Waals surface area (Å²) >= 11 is 7.30. The minimum atomic E-state index is -0.379. The Kier molecular flexibility index (Phi) is 4.58. The Bertz CT molecular complexity index is 1390. The lowest BCUT2D eigenvalue weighted by Crippen LogP contribution is -2.00. The van der Waals surface area contributed by atoms with Crippen LogP contribution < -0.4 is 5.63 Å². The van der Waals surface area contributed by atoms with E-state index >= 15 is 0 Å². The van der Waals surface area contributed by atoms with Gasteiger partial charge in [0, 0.05) is 27.8 Å². The molecule has 0 bridgehead atoms. The number of fused-ring (bicyclic) bond motifs is 3. The van der Waals surface area contributed by atoms with Crippen molar-refractivity contribution in [2.45, 2.75) is 11.0 Å². The van der Waals surface area contributed by atoms with Crippen LogP contribution in [0, 0.1) is 0 Å². The molecular formula is C22H13ClN2O3S. The average molecular weight is 421 g/mol. The molecule has 0 unspecified atom stereocenters. The fourth-order valence-corrected chi connectivity index (χ4v) is 4.12. The molecule has 2 heterocycles. The van der Waals surface area contributed by atoms with Crippen LogP contribution in [0.3, 0.4) is 0 Å². The summed E-state index contributed by atoms with van der Waals surface area (Å²) < 4.78 is 11.2. The van der Waals surface area contributed by atoms with Crippen molar-refractivity contribution in [1.82, 2.24) is 10.2 Å². The zero-order chi connectivity index (χ0) is 19.8. The lowest BCUT2D eigenvalue weighted by molar-refractivity contribution is 0.466. The monoisotopic (exact) mass is 420 g/mol. The zero-order valence-electron chi connectivity index (χ0n) is 15.0. The van der Waals surface area contributed by atoms with Gasteiger partial charge in [-0.05, 0) is 46.7 Å². The first-order valence-corrected chi connectivity index (χ1v) is 10.2. The van der Waals surface area contributed by atoms with Crippen LogP contribution in [0.5, 0.6) is 0 Å².